The van der Waals surface area contributed by atoms with Gasteiger partial charge in [0, 0.05) is 67.5 Å². The van der Waals surface area contributed by atoms with Crippen LogP contribution in [0, 0.1) is 0 Å². The lowest BCUT2D eigenvalue weighted by molar-refractivity contribution is 0.436. The average molecular weight is 1040 g/mol. The van der Waals surface area contributed by atoms with Crippen molar-refractivity contribution in [2.45, 2.75) is 63.2 Å². The molecule has 0 saturated carbocycles. The largest absolute Gasteiger partial charge is 0.457 e. The molecule has 5 heteroatoms. The van der Waals surface area contributed by atoms with Gasteiger partial charge in [0.25, 0.3) is 6.71 Å². The van der Waals surface area contributed by atoms with Crippen LogP contribution in [-0.4, -0.2) is 6.71 Å². The summed E-state index contributed by atoms with van der Waals surface area (Å²) in [6.45, 7) is 13.7. The molecule has 0 atom stereocenters. The molecule has 0 bridgehead atoms. The predicted octanol–water partition coefficient (Wildman–Crippen LogP) is 17.3. The van der Waals surface area contributed by atoms with Crippen LogP contribution >= 0.6 is 0 Å². The molecule has 0 amide bonds. The van der Waals surface area contributed by atoms with Gasteiger partial charge in [-0.05, 0) is 132 Å². The van der Waals surface area contributed by atoms with Crippen molar-refractivity contribution < 1.29 is 9.47 Å². The molecule has 4 nitrogen and oxygen atoms in total. The first kappa shape index (κ1) is 46.6. The molecule has 0 radical (unpaired) electrons. The number of para-hydroxylation sites is 4. The Hall–Kier alpha value is -9.32. The summed E-state index contributed by atoms with van der Waals surface area (Å²) in [6.07, 6.45) is 0. The van der Waals surface area contributed by atoms with Crippen molar-refractivity contribution in [2.75, 3.05) is 9.80 Å². The molecule has 0 unspecified atom stereocenters. The van der Waals surface area contributed by atoms with Gasteiger partial charge in [-0.3, -0.25) is 0 Å². The zero-order valence-corrected chi connectivity index (χ0v) is 46.3. The Morgan fingerprint density at radius 1 is 0.321 bits per heavy atom. The lowest BCUT2D eigenvalue weighted by Crippen LogP contribution is -2.61. The Bertz CT molecular complexity index is 4150. The summed E-state index contributed by atoms with van der Waals surface area (Å²) in [5, 5.41) is 0. The van der Waals surface area contributed by atoms with E-state index in [2.05, 4.69) is 288 Å². The zero-order chi connectivity index (χ0) is 54.3. The molecule has 0 saturated heterocycles. The predicted molar refractivity (Wildman–Crippen MR) is 333 cm³/mol. The normalized spacial score (nSPS) is 15.4. The van der Waals surface area contributed by atoms with Gasteiger partial charge in [-0.25, -0.2) is 0 Å². The van der Waals surface area contributed by atoms with E-state index >= 15 is 0 Å². The highest BCUT2D eigenvalue weighted by atomic mass is 16.5. The minimum Gasteiger partial charge on any atom is -0.457 e. The fourth-order valence-electron chi connectivity index (χ4n) is 15.5. The van der Waals surface area contributed by atoms with E-state index in [1.807, 2.05) is 0 Å². The summed E-state index contributed by atoms with van der Waals surface area (Å²) >= 11 is 0. The molecule has 0 N–H and O–H groups in total. The second-order valence-corrected chi connectivity index (χ2v) is 25.0. The Morgan fingerprint density at radius 2 is 0.654 bits per heavy atom. The third kappa shape index (κ3) is 5.95. The number of fused-ring (bicyclic) bond motifs is 24. The summed E-state index contributed by atoms with van der Waals surface area (Å²) in [7, 11) is 0. The fourth-order valence-corrected chi connectivity index (χ4v) is 15.5. The second-order valence-electron chi connectivity index (χ2n) is 25.0. The van der Waals surface area contributed by atoms with Crippen molar-refractivity contribution in [1.82, 2.24) is 0 Å². The second kappa shape index (κ2) is 16.2. The van der Waals surface area contributed by atoms with Gasteiger partial charge in [-0.15, -0.1) is 0 Å². The highest BCUT2D eigenvalue weighted by Gasteiger charge is 2.57. The minimum absolute atomic E-state index is 0.0231. The maximum Gasteiger partial charge on any atom is 0.252 e. The van der Waals surface area contributed by atoms with Crippen LogP contribution in [0.25, 0.3) is 22.3 Å². The number of benzene rings is 11. The average Bonchev–Trinajstić information content (AvgIpc) is 2.07. The molecule has 0 aromatic heterocycles. The number of ether oxygens (including phenoxy) is 2. The van der Waals surface area contributed by atoms with E-state index < -0.39 is 10.8 Å². The van der Waals surface area contributed by atoms with Crippen LogP contribution in [-0.2, 0) is 21.7 Å². The van der Waals surface area contributed by atoms with Crippen molar-refractivity contribution in [1.29, 1.82) is 0 Å². The van der Waals surface area contributed by atoms with Crippen molar-refractivity contribution in [2.24, 2.45) is 0 Å². The molecule has 0 fully saturated rings. The summed E-state index contributed by atoms with van der Waals surface area (Å²) < 4.78 is 13.7. The molecule has 4 heterocycles. The van der Waals surface area contributed by atoms with Crippen LogP contribution in [0.15, 0.2) is 237 Å². The lowest BCUT2D eigenvalue weighted by atomic mass is 9.33. The first-order valence-electron chi connectivity index (χ1n) is 28.7. The molecule has 2 spiro atoms. The number of anilines is 6. The van der Waals surface area contributed by atoms with Crippen LogP contribution in [0.4, 0.5) is 34.1 Å². The smallest absolute Gasteiger partial charge is 0.252 e. The van der Waals surface area contributed by atoms with Gasteiger partial charge in [0.2, 0.25) is 0 Å². The minimum atomic E-state index is -0.647. The van der Waals surface area contributed by atoms with Gasteiger partial charge in [0.15, 0.2) is 0 Å². The molecule has 11 aromatic rings. The van der Waals surface area contributed by atoms with E-state index in [9.17, 15) is 0 Å². The molecule has 4 aliphatic heterocycles. The molecule has 11 aromatic carbocycles. The van der Waals surface area contributed by atoms with Crippen molar-refractivity contribution >= 4 is 57.2 Å². The first-order valence-corrected chi connectivity index (χ1v) is 28.7. The Labute approximate surface area is 474 Å². The Morgan fingerprint density at radius 3 is 1.01 bits per heavy atom. The van der Waals surface area contributed by atoms with Crippen molar-refractivity contribution in [3.8, 4) is 45.3 Å². The molecular weight excluding hydrogens is 984 g/mol. The van der Waals surface area contributed by atoms with Gasteiger partial charge < -0.3 is 19.3 Å². The number of nitrogens with zero attached hydrogens (tertiary/aromatic N) is 2. The van der Waals surface area contributed by atoms with Gasteiger partial charge in [0.1, 0.15) is 23.0 Å². The summed E-state index contributed by atoms with van der Waals surface area (Å²) in [5.74, 6) is 3.55. The van der Waals surface area contributed by atoms with Gasteiger partial charge >= 0.3 is 0 Å². The highest BCUT2D eigenvalue weighted by molar-refractivity contribution is 7.00. The van der Waals surface area contributed by atoms with Crippen LogP contribution in [0.3, 0.4) is 0 Å². The Balaban J connectivity index is 1.01. The monoisotopic (exact) mass is 1040 g/mol. The van der Waals surface area contributed by atoms with E-state index in [0.29, 0.717) is 0 Å². The van der Waals surface area contributed by atoms with E-state index in [1.165, 1.54) is 94.8 Å². The molecule has 17 rings (SSSR count). The number of hydrogen-bond acceptors (Lipinski definition) is 4. The van der Waals surface area contributed by atoms with Gasteiger partial charge in [-0.1, -0.05) is 217 Å². The molecule has 6 aliphatic rings. The third-order valence-corrected chi connectivity index (χ3v) is 18.9. The molecule has 81 heavy (non-hydrogen) atoms. The SMILES string of the molecule is CC(C)(C)c1ccc(N2c3cccc4c3B(c3ccc5c(c32)-c2ccccc2C52c3ccccc3Oc3ccccc32)c2ccc3c(c2N4c2ccc(C(C)(C)C)cc2)-c2ccccc2C32c3ccccc3Oc3ccccc32)cc1. The van der Waals surface area contributed by atoms with Gasteiger partial charge in [0.05, 0.1) is 10.8 Å². The zero-order valence-electron chi connectivity index (χ0n) is 46.3. The third-order valence-electron chi connectivity index (χ3n) is 18.9. The van der Waals surface area contributed by atoms with E-state index in [-0.39, 0.29) is 17.5 Å². The van der Waals surface area contributed by atoms with E-state index in [0.717, 1.165) is 56.6 Å². The first-order chi connectivity index (χ1) is 39.5. The maximum absolute atomic E-state index is 6.87. The quantitative estimate of drug-likeness (QED) is 0.161. The topological polar surface area (TPSA) is 24.9 Å². The number of rotatable bonds is 2. The highest BCUT2D eigenvalue weighted by Crippen LogP contribution is 2.67. The van der Waals surface area contributed by atoms with Crippen LogP contribution in [0.5, 0.6) is 23.0 Å². The number of hydrogen-bond donors (Lipinski definition) is 0. The molecular formula is C76H57BN2O2. The van der Waals surface area contributed by atoms with E-state index in [4.69, 9.17) is 9.47 Å². The van der Waals surface area contributed by atoms with Crippen LogP contribution in [0.2, 0.25) is 0 Å². The summed E-state index contributed by atoms with van der Waals surface area (Å²) in [6, 6.07) is 89.3. The van der Waals surface area contributed by atoms with Gasteiger partial charge in [-0.2, -0.15) is 0 Å². The van der Waals surface area contributed by atoms with Crippen LogP contribution < -0.4 is 35.7 Å². The van der Waals surface area contributed by atoms with Crippen LogP contribution in [0.1, 0.15) is 97.2 Å². The fraction of sp³-hybridized carbons (Fsp3) is 0.132. The Kier molecular flexibility index (Phi) is 9.30. The summed E-state index contributed by atoms with van der Waals surface area (Å²) in [5.41, 5.74) is 26.9. The van der Waals surface area contributed by atoms with Crippen molar-refractivity contribution in [3.05, 3.63) is 292 Å². The standard InChI is InChI=1S/C76H57BN2O2/c1-73(2,3)46-34-38-48(39-35-46)78-62-28-19-29-63-70(62)77(60-44-42-58-68(71(60)78)50-20-7-9-22-52(50)75(58)54-24-11-15-30-64(54)80-65-31-16-12-25-55(65)75)61-45-43-59-69(72(61)79(63)49-40-36-47(37-41-49)74(4,5)6)51-21-8-10-23-53(51)76(59)56-26-13-17-32-66(56)81-67-33-18-14-27-57(67)76/h7-45H,1-6H3. The molecule has 386 valence electrons. The lowest BCUT2D eigenvalue weighted by Gasteiger charge is -2.46. The maximum atomic E-state index is 6.87. The van der Waals surface area contributed by atoms with Crippen molar-refractivity contribution in [3.63, 3.8) is 0 Å². The summed E-state index contributed by atoms with van der Waals surface area (Å²) in [4.78, 5) is 5.25. The van der Waals surface area contributed by atoms with E-state index in [1.54, 1.807) is 0 Å². The molecule has 2 aliphatic carbocycles.